The quantitative estimate of drug-likeness (QED) is 0.0356. The molecule has 4 atom stereocenters. The zero-order chi connectivity index (χ0) is 72.6. The molecule has 0 saturated carbocycles. The summed E-state index contributed by atoms with van der Waals surface area (Å²) in [5.41, 5.74) is 5.75. The van der Waals surface area contributed by atoms with Crippen LogP contribution in [0.25, 0.3) is 73.2 Å². The molecule has 6 aromatic heterocycles. The van der Waals surface area contributed by atoms with Crippen molar-refractivity contribution in [2.45, 2.75) is 261 Å². The fraction of sp³-hybridized carbons (Fsp3) is 0.533. The van der Waals surface area contributed by atoms with E-state index in [4.69, 9.17) is 0 Å². The molecule has 14 heteroatoms. The number of hydrogen-bond donors (Lipinski definition) is 0. The third-order valence-corrected chi connectivity index (χ3v) is 29.4. The second kappa shape index (κ2) is 37.9. The van der Waals surface area contributed by atoms with Crippen molar-refractivity contribution in [2.75, 3.05) is 26.2 Å². The molecule has 10 heterocycles. The molecule has 0 spiro atoms. The van der Waals surface area contributed by atoms with E-state index in [1.807, 2.05) is 32.5 Å². The third kappa shape index (κ3) is 17.4. The number of carbonyl (C=O) groups is 4. The predicted molar refractivity (Wildman–Crippen MR) is 452 cm³/mol. The third-order valence-electron chi connectivity index (χ3n) is 22.7. The van der Waals surface area contributed by atoms with E-state index in [2.05, 4.69) is 161 Å². The SMILES string of the molecule is CCCCCCC(CCCC)CN1C(=O)C2=C(c3ccc(-c4cc5ccc6c(ccc7cc(-c8ccc(C9=C%10C(=O)N(CC(CCCC)CCCCCC)C(c%11cccs%11)=C%10C(=O)N9CC(CCCC)CCCCCC)s8)sc76)c5s4)s3)N(CC(CCCC)CCCCCC)C(=O)C2=C1c1cccs1. The molecule has 4 unspecified atom stereocenters. The van der Waals surface area contributed by atoms with Crippen LogP contribution in [0.1, 0.15) is 280 Å². The van der Waals surface area contributed by atoms with E-state index in [1.165, 1.54) is 131 Å². The lowest BCUT2D eigenvalue weighted by Crippen LogP contribution is -2.34. The number of amides is 4. The topological polar surface area (TPSA) is 81.2 Å². The lowest BCUT2D eigenvalue weighted by Gasteiger charge is -2.29. The molecule has 556 valence electrons. The summed E-state index contributed by atoms with van der Waals surface area (Å²) in [6, 6.07) is 31.2. The van der Waals surface area contributed by atoms with E-state index in [0.717, 1.165) is 168 Å². The zero-order valence-electron chi connectivity index (χ0n) is 63.9. The first-order valence-electron chi connectivity index (χ1n) is 40.9. The van der Waals surface area contributed by atoms with Crippen molar-refractivity contribution in [3.05, 3.63) is 137 Å². The van der Waals surface area contributed by atoms with Crippen LogP contribution in [0.3, 0.4) is 0 Å². The molecule has 0 N–H and O–H groups in total. The van der Waals surface area contributed by atoms with Crippen molar-refractivity contribution in [2.24, 2.45) is 23.7 Å². The summed E-state index contributed by atoms with van der Waals surface area (Å²) < 4.78 is 2.50. The first-order valence-corrected chi connectivity index (χ1v) is 45.9. The Morgan fingerprint density at radius 1 is 0.279 bits per heavy atom. The van der Waals surface area contributed by atoms with Crippen LogP contribution < -0.4 is 0 Å². The second-order valence-corrected chi connectivity index (χ2v) is 36.7. The van der Waals surface area contributed by atoms with Crippen molar-refractivity contribution in [1.29, 1.82) is 0 Å². The van der Waals surface area contributed by atoms with E-state index >= 15 is 19.2 Å². The number of carbonyl (C=O) groups excluding carboxylic acids is 4. The summed E-state index contributed by atoms with van der Waals surface area (Å²) in [6.45, 7) is 20.7. The Morgan fingerprint density at radius 2 is 0.558 bits per heavy atom. The monoisotopic (exact) mass is 1510 g/mol. The second-order valence-electron chi connectivity index (χ2n) is 30.6. The first kappa shape index (κ1) is 77.9. The maximum Gasteiger partial charge on any atom is 0.261 e. The van der Waals surface area contributed by atoms with Gasteiger partial charge in [0.2, 0.25) is 0 Å². The molecule has 0 saturated heterocycles. The van der Waals surface area contributed by atoms with Crippen molar-refractivity contribution < 1.29 is 19.2 Å². The Hall–Kier alpha value is -5.74. The summed E-state index contributed by atoms with van der Waals surface area (Å²) in [7, 11) is 0. The van der Waals surface area contributed by atoms with Gasteiger partial charge in [-0.15, -0.1) is 68.0 Å². The molecule has 8 aromatic rings. The molecule has 4 amide bonds. The van der Waals surface area contributed by atoms with Gasteiger partial charge >= 0.3 is 0 Å². The van der Waals surface area contributed by atoms with Gasteiger partial charge in [0.15, 0.2) is 0 Å². The highest BCUT2D eigenvalue weighted by molar-refractivity contribution is 7.28. The molecule has 4 aliphatic rings. The Bertz CT molecular complexity index is 4060. The number of thiophene rings is 6. The van der Waals surface area contributed by atoms with Gasteiger partial charge in [-0.2, -0.15) is 0 Å². The molecule has 0 bridgehead atoms. The molecule has 0 aliphatic carbocycles. The molecule has 104 heavy (non-hydrogen) atoms. The molecule has 4 aliphatic heterocycles. The van der Waals surface area contributed by atoms with Crippen LogP contribution in [0.2, 0.25) is 0 Å². The maximum absolute atomic E-state index is 15.7. The van der Waals surface area contributed by atoms with Gasteiger partial charge in [-0.05, 0) is 145 Å². The summed E-state index contributed by atoms with van der Waals surface area (Å²) in [5.74, 6) is 1.39. The zero-order valence-corrected chi connectivity index (χ0v) is 68.8. The minimum atomic E-state index is -0.00560. The van der Waals surface area contributed by atoms with Crippen LogP contribution in [-0.2, 0) is 19.2 Å². The lowest BCUT2D eigenvalue weighted by molar-refractivity contribution is -0.124. The van der Waals surface area contributed by atoms with Crippen molar-refractivity contribution in [3.63, 3.8) is 0 Å². The van der Waals surface area contributed by atoms with Gasteiger partial charge in [-0.3, -0.25) is 19.2 Å². The van der Waals surface area contributed by atoms with Crippen LogP contribution in [0, 0.1) is 23.7 Å². The maximum atomic E-state index is 15.7. The fourth-order valence-corrected chi connectivity index (χ4v) is 23.2. The molecular formula is C90H116N4O4S6. The number of rotatable bonds is 46. The van der Waals surface area contributed by atoms with Crippen molar-refractivity contribution in [3.8, 4) is 19.5 Å². The van der Waals surface area contributed by atoms with Gasteiger partial charge in [0.1, 0.15) is 0 Å². The van der Waals surface area contributed by atoms with Crippen LogP contribution in [-0.4, -0.2) is 69.4 Å². The highest BCUT2D eigenvalue weighted by Gasteiger charge is 2.52. The van der Waals surface area contributed by atoms with Crippen LogP contribution in [0.5, 0.6) is 0 Å². The van der Waals surface area contributed by atoms with E-state index in [1.54, 1.807) is 45.3 Å². The highest BCUT2D eigenvalue weighted by atomic mass is 32.1. The largest absolute Gasteiger partial charge is 0.306 e. The summed E-state index contributed by atoms with van der Waals surface area (Å²) in [5, 5.41) is 9.06. The van der Waals surface area contributed by atoms with Crippen molar-refractivity contribution >= 4 is 145 Å². The van der Waals surface area contributed by atoms with Gasteiger partial charge in [0.25, 0.3) is 23.6 Å². The van der Waals surface area contributed by atoms with Gasteiger partial charge in [0.05, 0.1) is 64.6 Å². The Labute approximate surface area is 646 Å². The fourth-order valence-electron chi connectivity index (χ4n) is 16.9. The number of nitrogens with zero attached hydrogens (tertiary/aromatic N) is 4. The van der Waals surface area contributed by atoms with Crippen LogP contribution in [0.4, 0.5) is 0 Å². The Kier molecular flexibility index (Phi) is 28.4. The predicted octanol–water partition coefficient (Wildman–Crippen LogP) is 27.6. The molecule has 0 fully saturated rings. The van der Waals surface area contributed by atoms with E-state index in [0.29, 0.717) is 72.1 Å². The summed E-state index contributed by atoms with van der Waals surface area (Å²) in [6.07, 6.45) is 36.8. The number of benzene rings is 2. The molecule has 12 rings (SSSR count). The minimum absolute atomic E-state index is 0.00560. The Balaban J connectivity index is 0.893. The van der Waals surface area contributed by atoms with Crippen LogP contribution >= 0.6 is 68.0 Å². The molecule has 2 aromatic carbocycles. The highest BCUT2D eigenvalue weighted by Crippen LogP contribution is 2.54. The molecular weight excluding hydrogens is 1390 g/mol. The smallest absolute Gasteiger partial charge is 0.261 e. The minimum Gasteiger partial charge on any atom is -0.306 e. The van der Waals surface area contributed by atoms with E-state index in [9.17, 15) is 0 Å². The lowest BCUT2D eigenvalue weighted by atomic mass is 9.94. The average Bonchev–Trinajstić information content (AvgIpc) is 1.56. The number of unbranched alkanes of at least 4 members (excludes halogenated alkanes) is 16. The number of hydrogen-bond acceptors (Lipinski definition) is 10. The van der Waals surface area contributed by atoms with Gasteiger partial charge < -0.3 is 19.6 Å². The number of fused-ring (bicyclic) bond motifs is 7. The summed E-state index contributed by atoms with van der Waals surface area (Å²) in [4.78, 5) is 79.8. The van der Waals surface area contributed by atoms with Crippen molar-refractivity contribution in [1.82, 2.24) is 19.6 Å². The first-order chi connectivity index (χ1) is 51.0. The Morgan fingerprint density at radius 3 is 0.837 bits per heavy atom. The van der Waals surface area contributed by atoms with E-state index in [-0.39, 0.29) is 23.6 Å². The van der Waals surface area contributed by atoms with E-state index < -0.39 is 0 Å². The van der Waals surface area contributed by atoms with Gasteiger partial charge in [-0.25, -0.2) is 0 Å². The normalized spacial score (nSPS) is 16.2. The van der Waals surface area contributed by atoms with Crippen LogP contribution in [0.15, 0.2) is 118 Å². The average molecular weight is 1510 g/mol. The molecule has 0 radical (unpaired) electrons. The summed E-state index contributed by atoms with van der Waals surface area (Å²) >= 11 is 10.4. The van der Waals surface area contributed by atoms with Gasteiger partial charge in [0, 0.05) is 65.9 Å². The standard InChI is InChI=1S/C90H116N4O4S6/c1-9-17-25-29-39-61(35-21-13-5)57-91-81(71-43-33-53-99-71)77-79(89(91)97)83(93(87(77)95)59-63(37-23-15-7)41-31-27-19-11-3)73-51-49-69(101-73)75-55-65-45-47-68-67(85(65)103-75)48-46-66-56-76(104-86(66)68)70-50-52-74(102-70)84-80-78(88(96)94(84)60-64(38-24-16-8)42-32-28-20-12-4)82(72-44-34-54-100-72)92(90(80)98)58-62(36-22-14-6)40-30-26-18-10-2/h33-34,43-56,61-64H,9-32,35-42,57-60H2,1-8H3. The van der Waals surface area contributed by atoms with Gasteiger partial charge in [-0.1, -0.05) is 246 Å². The molecule has 8 nitrogen and oxygen atoms in total.